The Morgan fingerprint density at radius 3 is 2.75 bits per heavy atom. The van der Waals surface area contributed by atoms with Gasteiger partial charge in [0.1, 0.15) is 0 Å². The zero-order chi connectivity index (χ0) is 11.0. The number of benzene rings is 1. The van der Waals surface area contributed by atoms with Crippen molar-refractivity contribution in [3.05, 3.63) is 36.2 Å². The highest BCUT2D eigenvalue weighted by Crippen LogP contribution is 2.29. The first-order chi connectivity index (χ1) is 7.86. The fourth-order valence-electron chi connectivity index (χ4n) is 2.30. The number of hydrogen-bond acceptors (Lipinski definition) is 2. The quantitative estimate of drug-likeness (QED) is 0.742. The van der Waals surface area contributed by atoms with Gasteiger partial charge in [-0.15, -0.1) is 0 Å². The van der Waals surface area contributed by atoms with Crippen LogP contribution < -0.4 is 4.57 Å². The van der Waals surface area contributed by atoms with Gasteiger partial charge in [0.2, 0.25) is 0 Å². The molecule has 3 heteroatoms. The second kappa shape index (κ2) is 3.67. The summed E-state index contributed by atoms with van der Waals surface area (Å²) in [6.07, 6.45) is 3.21. The number of aromatic nitrogens is 1. The van der Waals surface area contributed by atoms with Gasteiger partial charge in [-0.2, -0.15) is 4.57 Å². The first kappa shape index (κ1) is 9.46. The average molecular weight is 216 g/mol. The van der Waals surface area contributed by atoms with E-state index in [1.54, 1.807) is 0 Å². The Hall–Kier alpha value is -1.77. The zero-order valence-corrected chi connectivity index (χ0v) is 9.02. The van der Waals surface area contributed by atoms with E-state index in [0.717, 1.165) is 43.0 Å². The third-order valence-electron chi connectivity index (χ3n) is 3.06. The molecule has 1 aromatic carbocycles. The highest BCUT2D eigenvalue weighted by Gasteiger charge is 2.31. The number of oxazole rings is 1. The van der Waals surface area contributed by atoms with Crippen LogP contribution in [0.4, 0.5) is 0 Å². The summed E-state index contributed by atoms with van der Waals surface area (Å²) >= 11 is 0. The topological polar surface area (TPSA) is 37.3 Å². The number of aromatic hydroxyl groups is 1. The normalized spacial score (nSPS) is 14.8. The molecular formula is C13H14NO2+. The molecule has 0 saturated carbocycles. The van der Waals surface area contributed by atoms with E-state index in [2.05, 4.69) is 4.57 Å². The maximum atomic E-state index is 9.87. The minimum atomic E-state index is 0.0445. The van der Waals surface area contributed by atoms with E-state index < -0.39 is 0 Å². The third kappa shape index (κ3) is 1.40. The molecule has 0 fully saturated rings. The van der Waals surface area contributed by atoms with Crippen LogP contribution in [0.3, 0.4) is 0 Å². The molecule has 1 aliphatic heterocycles. The van der Waals surface area contributed by atoms with Gasteiger partial charge in [-0.1, -0.05) is 18.2 Å². The minimum Gasteiger partial charge on any atom is -0.476 e. The Bertz CT molecular complexity index is 502. The van der Waals surface area contributed by atoms with Crippen molar-refractivity contribution in [1.29, 1.82) is 0 Å². The van der Waals surface area contributed by atoms with Crippen LogP contribution in [-0.2, 0) is 13.0 Å². The van der Waals surface area contributed by atoms with Crippen LogP contribution in [0.25, 0.3) is 11.3 Å². The number of nitrogens with zero attached hydrogens (tertiary/aromatic N) is 1. The van der Waals surface area contributed by atoms with Crippen LogP contribution in [0.5, 0.6) is 5.95 Å². The summed E-state index contributed by atoms with van der Waals surface area (Å²) in [5.74, 6) is 0.936. The first-order valence-electron chi connectivity index (χ1n) is 5.66. The molecular weight excluding hydrogens is 202 g/mol. The van der Waals surface area contributed by atoms with Crippen LogP contribution in [-0.4, -0.2) is 5.11 Å². The first-order valence-corrected chi connectivity index (χ1v) is 5.66. The lowest BCUT2D eigenvalue weighted by Gasteiger charge is -2.04. The van der Waals surface area contributed by atoms with Crippen molar-refractivity contribution >= 4 is 0 Å². The molecule has 0 amide bonds. The summed E-state index contributed by atoms with van der Waals surface area (Å²) < 4.78 is 7.50. The number of fused-ring (bicyclic) bond motifs is 1. The van der Waals surface area contributed by atoms with Crippen LogP contribution in [0.2, 0.25) is 0 Å². The maximum Gasteiger partial charge on any atom is 0.362 e. The number of aryl methyl sites for hydroxylation is 1. The lowest BCUT2D eigenvalue weighted by atomic mass is 10.1. The lowest BCUT2D eigenvalue weighted by molar-refractivity contribution is -0.702. The molecule has 82 valence electrons. The summed E-state index contributed by atoms with van der Waals surface area (Å²) in [6.45, 7) is 0.934. The summed E-state index contributed by atoms with van der Waals surface area (Å²) in [5, 5.41) is 9.87. The Balaban J connectivity index is 2.17. The van der Waals surface area contributed by atoms with Gasteiger partial charge in [-0.25, -0.2) is 0 Å². The van der Waals surface area contributed by atoms with Gasteiger partial charge in [0, 0.05) is 6.42 Å². The Morgan fingerprint density at radius 2 is 1.94 bits per heavy atom. The second-order valence-corrected chi connectivity index (χ2v) is 4.12. The fourth-order valence-corrected chi connectivity index (χ4v) is 2.30. The monoisotopic (exact) mass is 216 g/mol. The molecule has 0 bridgehead atoms. The molecule has 2 heterocycles. The van der Waals surface area contributed by atoms with Crippen LogP contribution in [0, 0.1) is 0 Å². The summed E-state index contributed by atoms with van der Waals surface area (Å²) in [5.41, 5.74) is 1.83. The van der Waals surface area contributed by atoms with E-state index in [-0.39, 0.29) is 5.95 Å². The highest BCUT2D eigenvalue weighted by molar-refractivity contribution is 5.60. The molecule has 1 N–H and O–H groups in total. The SMILES string of the molecule is Oc1oc2[n+](c1-c1ccccc1)CCCC2. The van der Waals surface area contributed by atoms with Gasteiger partial charge < -0.3 is 9.52 Å². The molecule has 1 aromatic heterocycles. The largest absolute Gasteiger partial charge is 0.476 e. The predicted octanol–water partition coefficient (Wildman–Crippen LogP) is 2.28. The number of hydrogen-bond donors (Lipinski definition) is 1. The molecule has 0 saturated heterocycles. The zero-order valence-electron chi connectivity index (χ0n) is 9.02. The molecule has 1 aliphatic rings. The maximum absolute atomic E-state index is 9.87. The molecule has 0 spiro atoms. The molecule has 0 unspecified atom stereocenters. The van der Waals surface area contributed by atoms with Gasteiger partial charge in [0.25, 0.3) is 5.69 Å². The van der Waals surface area contributed by atoms with E-state index >= 15 is 0 Å². The number of rotatable bonds is 1. The Kier molecular flexibility index (Phi) is 2.17. The Morgan fingerprint density at radius 1 is 1.12 bits per heavy atom. The predicted molar refractivity (Wildman–Crippen MR) is 58.9 cm³/mol. The van der Waals surface area contributed by atoms with E-state index in [9.17, 15) is 5.11 Å². The van der Waals surface area contributed by atoms with E-state index in [4.69, 9.17) is 4.42 Å². The summed E-state index contributed by atoms with van der Waals surface area (Å²) in [6, 6.07) is 9.89. The van der Waals surface area contributed by atoms with E-state index in [0.29, 0.717) is 0 Å². The average Bonchev–Trinajstić information content (AvgIpc) is 2.66. The highest BCUT2D eigenvalue weighted by atomic mass is 16.5. The van der Waals surface area contributed by atoms with Crippen molar-refractivity contribution in [2.75, 3.05) is 0 Å². The van der Waals surface area contributed by atoms with Gasteiger partial charge >= 0.3 is 11.8 Å². The van der Waals surface area contributed by atoms with Crippen molar-refractivity contribution in [3.8, 4) is 17.2 Å². The van der Waals surface area contributed by atoms with E-state index in [1.165, 1.54) is 0 Å². The van der Waals surface area contributed by atoms with Crippen molar-refractivity contribution in [3.63, 3.8) is 0 Å². The van der Waals surface area contributed by atoms with Gasteiger partial charge in [0.05, 0.1) is 12.0 Å². The molecule has 3 nitrogen and oxygen atoms in total. The molecule has 2 aromatic rings. The van der Waals surface area contributed by atoms with Crippen molar-refractivity contribution < 1.29 is 14.1 Å². The second-order valence-electron chi connectivity index (χ2n) is 4.12. The van der Waals surface area contributed by atoms with Crippen LogP contribution in [0.1, 0.15) is 18.7 Å². The fraction of sp³-hybridized carbons (Fsp3) is 0.308. The third-order valence-corrected chi connectivity index (χ3v) is 3.06. The van der Waals surface area contributed by atoms with Crippen molar-refractivity contribution in [2.45, 2.75) is 25.8 Å². The Labute approximate surface area is 94.0 Å². The summed E-state index contributed by atoms with van der Waals surface area (Å²) in [4.78, 5) is 0. The molecule has 0 radical (unpaired) electrons. The van der Waals surface area contributed by atoms with Gasteiger partial charge in [-0.05, 0) is 18.6 Å². The summed E-state index contributed by atoms with van der Waals surface area (Å²) in [7, 11) is 0. The lowest BCUT2D eigenvalue weighted by Crippen LogP contribution is -2.40. The van der Waals surface area contributed by atoms with Crippen molar-refractivity contribution in [2.24, 2.45) is 0 Å². The molecule has 0 atom stereocenters. The smallest absolute Gasteiger partial charge is 0.362 e. The minimum absolute atomic E-state index is 0.0445. The van der Waals surface area contributed by atoms with Crippen molar-refractivity contribution in [1.82, 2.24) is 0 Å². The van der Waals surface area contributed by atoms with Gasteiger partial charge in [-0.3, -0.25) is 0 Å². The van der Waals surface area contributed by atoms with E-state index in [1.807, 2.05) is 30.3 Å². The van der Waals surface area contributed by atoms with Crippen LogP contribution in [0.15, 0.2) is 34.7 Å². The molecule has 0 aliphatic carbocycles. The standard InChI is InChI=1S/C13H13NO2/c15-13-12(10-6-2-1-3-7-10)14-9-5-4-8-11(14)16-13/h1-3,6-7H,4-5,8-9H2/p+1. The molecule has 16 heavy (non-hydrogen) atoms. The molecule has 3 rings (SSSR count). The van der Waals surface area contributed by atoms with Crippen LogP contribution >= 0.6 is 0 Å². The van der Waals surface area contributed by atoms with Gasteiger partial charge in [0.15, 0.2) is 6.54 Å².